The summed E-state index contributed by atoms with van der Waals surface area (Å²) in [6.45, 7) is 0. The van der Waals surface area contributed by atoms with Crippen LogP contribution in [0, 0.1) is 0 Å². The Morgan fingerprint density at radius 3 is 1.47 bits per heavy atom. The lowest BCUT2D eigenvalue weighted by atomic mass is 9.70. The molecule has 0 aliphatic heterocycles. The van der Waals surface area contributed by atoms with Gasteiger partial charge in [-0.3, -0.25) is 0 Å². The van der Waals surface area contributed by atoms with Gasteiger partial charge in [-0.15, -0.1) is 0 Å². The zero-order chi connectivity index (χ0) is 49.2. The van der Waals surface area contributed by atoms with Crippen LogP contribution in [-0.4, -0.2) is 15.0 Å². The molecule has 1 spiro atoms. The fraction of sp³-hybridized carbons (Fsp3) is 0.0143. The lowest BCUT2D eigenvalue weighted by molar-refractivity contribution is 0.668. The molecule has 0 fully saturated rings. The molecule has 16 rings (SSSR count). The zero-order valence-electron chi connectivity index (χ0n) is 40.3. The second-order valence-electron chi connectivity index (χ2n) is 19.8. The van der Waals surface area contributed by atoms with Crippen LogP contribution in [0.25, 0.3) is 134 Å². The minimum atomic E-state index is -0.372. The molecule has 348 valence electrons. The fourth-order valence-electron chi connectivity index (χ4n) is 12.4. The van der Waals surface area contributed by atoms with Crippen molar-refractivity contribution < 1.29 is 8.83 Å². The van der Waals surface area contributed by atoms with Crippen LogP contribution in [-0.2, 0) is 5.41 Å². The number of aromatic nitrogens is 3. The van der Waals surface area contributed by atoms with E-state index in [9.17, 15) is 0 Å². The highest BCUT2D eigenvalue weighted by Gasteiger charge is 2.51. The van der Waals surface area contributed by atoms with Gasteiger partial charge < -0.3 is 8.83 Å². The van der Waals surface area contributed by atoms with Gasteiger partial charge in [0.1, 0.15) is 22.3 Å². The number of rotatable bonds is 6. The SMILES string of the molecule is c1ccc(-c2ccc(-c3nc(-c4ccc5c(c4)oc4ccccc45)nc(-c4cccc5oc6ccc(-c7cccc(-c8ccc9c(c8)-c8ccccc8C98c9ccccc9-c9ccccc98)c7)cc6c45)n3)cc2)cc1. The first kappa shape index (κ1) is 41.6. The van der Waals surface area contributed by atoms with Crippen molar-refractivity contribution in [2.45, 2.75) is 5.41 Å². The van der Waals surface area contributed by atoms with E-state index in [1.54, 1.807) is 0 Å². The van der Waals surface area contributed by atoms with Crippen LogP contribution in [0.1, 0.15) is 22.3 Å². The smallest absolute Gasteiger partial charge is 0.164 e. The number of furan rings is 2. The first-order valence-corrected chi connectivity index (χ1v) is 25.5. The maximum absolute atomic E-state index is 6.63. The van der Waals surface area contributed by atoms with Gasteiger partial charge in [0.15, 0.2) is 17.5 Å². The number of fused-ring (bicyclic) bond motifs is 16. The molecule has 0 saturated heterocycles. The van der Waals surface area contributed by atoms with E-state index in [-0.39, 0.29) is 5.41 Å². The summed E-state index contributed by atoms with van der Waals surface area (Å²) in [5.74, 6) is 1.68. The molecule has 0 radical (unpaired) electrons. The van der Waals surface area contributed by atoms with E-state index in [0.717, 1.165) is 88.4 Å². The minimum Gasteiger partial charge on any atom is -0.456 e. The van der Waals surface area contributed by atoms with E-state index < -0.39 is 0 Å². The maximum Gasteiger partial charge on any atom is 0.164 e. The molecule has 3 heterocycles. The van der Waals surface area contributed by atoms with Gasteiger partial charge in [0.2, 0.25) is 0 Å². The second kappa shape index (κ2) is 16.0. The first-order valence-electron chi connectivity index (χ1n) is 25.5. The molecule has 0 amide bonds. The molecule has 5 nitrogen and oxygen atoms in total. The molecule has 14 aromatic rings. The molecule has 3 aromatic heterocycles. The molecule has 0 atom stereocenters. The summed E-state index contributed by atoms with van der Waals surface area (Å²) in [6.07, 6.45) is 0. The predicted octanol–water partition coefficient (Wildman–Crippen LogP) is 18.0. The largest absolute Gasteiger partial charge is 0.456 e. The van der Waals surface area contributed by atoms with Crippen molar-refractivity contribution in [3.8, 4) is 89.8 Å². The second-order valence-corrected chi connectivity index (χ2v) is 19.8. The highest BCUT2D eigenvalue weighted by Crippen LogP contribution is 2.63. The third-order valence-corrected chi connectivity index (χ3v) is 15.8. The summed E-state index contributed by atoms with van der Waals surface area (Å²) >= 11 is 0. The van der Waals surface area contributed by atoms with E-state index in [1.807, 2.05) is 42.5 Å². The topological polar surface area (TPSA) is 65.0 Å². The molecule has 75 heavy (non-hydrogen) atoms. The molecule has 11 aromatic carbocycles. The summed E-state index contributed by atoms with van der Waals surface area (Å²) in [7, 11) is 0. The maximum atomic E-state index is 6.63. The highest BCUT2D eigenvalue weighted by atomic mass is 16.3. The third kappa shape index (κ3) is 6.22. The van der Waals surface area contributed by atoms with E-state index in [0.29, 0.717) is 17.5 Å². The van der Waals surface area contributed by atoms with Crippen LogP contribution in [0.2, 0.25) is 0 Å². The van der Waals surface area contributed by atoms with Gasteiger partial charge in [0.05, 0.1) is 5.41 Å². The lowest BCUT2D eigenvalue weighted by Crippen LogP contribution is -2.25. The van der Waals surface area contributed by atoms with Crippen molar-refractivity contribution in [1.82, 2.24) is 15.0 Å². The van der Waals surface area contributed by atoms with E-state index in [4.69, 9.17) is 23.8 Å². The quantitative estimate of drug-likeness (QED) is 0.166. The Bertz CT molecular complexity index is 4620. The number of nitrogens with zero attached hydrogens (tertiary/aromatic N) is 3. The monoisotopic (exact) mass is 955 g/mol. The van der Waals surface area contributed by atoms with E-state index in [1.165, 1.54) is 50.1 Å². The number of hydrogen-bond acceptors (Lipinski definition) is 5. The zero-order valence-corrected chi connectivity index (χ0v) is 40.3. The van der Waals surface area contributed by atoms with E-state index in [2.05, 4.69) is 206 Å². The Hall–Kier alpha value is -9.97. The highest BCUT2D eigenvalue weighted by molar-refractivity contribution is 6.13. The number of benzene rings is 11. The van der Waals surface area contributed by atoms with Crippen molar-refractivity contribution in [3.63, 3.8) is 0 Å². The van der Waals surface area contributed by atoms with Crippen molar-refractivity contribution in [2.24, 2.45) is 0 Å². The molecule has 5 heteroatoms. The predicted molar refractivity (Wildman–Crippen MR) is 303 cm³/mol. The van der Waals surface area contributed by atoms with Crippen molar-refractivity contribution in [1.29, 1.82) is 0 Å². The van der Waals surface area contributed by atoms with Crippen molar-refractivity contribution in [3.05, 3.63) is 271 Å². The van der Waals surface area contributed by atoms with Gasteiger partial charge in [-0.05, 0) is 126 Å². The van der Waals surface area contributed by atoms with Crippen LogP contribution in [0.4, 0.5) is 0 Å². The van der Waals surface area contributed by atoms with Gasteiger partial charge >= 0.3 is 0 Å². The van der Waals surface area contributed by atoms with Gasteiger partial charge in [-0.25, -0.2) is 15.0 Å². The molecule has 0 saturated carbocycles. The summed E-state index contributed by atoms with van der Waals surface area (Å²) in [5.41, 5.74) is 22.7. The summed E-state index contributed by atoms with van der Waals surface area (Å²) in [5, 5.41) is 4.05. The Morgan fingerprint density at radius 2 is 0.707 bits per heavy atom. The third-order valence-electron chi connectivity index (χ3n) is 15.8. The van der Waals surface area contributed by atoms with Crippen LogP contribution in [0.5, 0.6) is 0 Å². The van der Waals surface area contributed by atoms with Crippen LogP contribution in [0.3, 0.4) is 0 Å². The van der Waals surface area contributed by atoms with Crippen molar-refractivity contribution >= 4 is 43.9 Å². The number of para-hydroxylation sites is 1. The average Bonchev–Trinajstić information content (AvgIpc) is 4.23. The van der Waals surface area contributed by atoms with Crippen LogP contribution in [0.15, 0.2) is 258 Å². The summed E-state index contributed by atoms with van der Waals surface area (Å²) in [4.78, 5) is 15.7. The van der Waals surface area contributed by atoms with Gasteiger partial charge in [-0.2, -0.15) is 0 Å². The molecular formula is C70H41N3O2. The van der Waals surface area contributed by atoms with Crippen LogP contribution < -0.4 is 0 Å². The average molecular weight is 956 g/mol. The molecule has 0 bridgehead atoms. The van der Waals surface area contributed by atoms with Gasteiger partial charge in [-0.1, -0.05) is 200 Å². The summed E-state index contributed by atoms with van der Waals surface area (Å²) in [6, 6.07) is 88.8. The van der Waals surface area contributed by atoms with Crippen LogP contribution >= 0.6 is 0 Å². The molecule has 0 unspecified atom stereocenters. The Kier molecular flexibility index (Phi) is 8.89. The normalized spacial score (nSPS) is 12.9. The van der Waals surface area contributed by atoms with Crippen molar-refractivity contribution in [2.75, 3.05) is 0 Å². The Labute approximate surface area is 431 Å². The Balaban J connectivity index is 0.814. The fourth-order valence-corrected chi connectivity index (χ4v) is 12.4. The van der Waals surface area contributed by atoms with Gasteiger partial charge in [0.25, 0.3) is 0 Å². The Morgan fingerprint density at radius 1 is 0.240 bits per heavy atom. The molecular weight excluding hydrogens is 915 g/mol. The minimum absolute atomic E-state index is 0.372. The lowest BCUT2D eigenvalue weighted by Gasteiger charge is -2.30. The van der Waals surface area contributed by atoms with E-state index >= 15 is 0 Å². The summed E-state index contributed by atoms with van der Waals surface area (Å²) < 4.78 is 13.0. The number of hydrogen-bond donors (Lipinski definition) is 0. The van der Waals surface area contributed by atoms with Gasteiger partial charge in [0, 0.05) is 38.2 Å². The molecule has 0 N–H and O–H groups in total. The molecule has 2 aliphatic carbocycles. The standard InChI is InChI=1S/C70H41N3O2/c1-2-14-42(15-3-1)43-28-30-44(31-29-43)67-71-68(49-32-35-54-53-21-7-11-26-62(53)75-65(54)41-49)73-69(72-67)55-22-13-27-64-66(55)57-40-48(34-37-63(57)74-64)46-17-12-16-45(38-46)47-33-36-61-56(39-47)52-20-6-10-25-60(52)70(61)58-23-8-4-18-50(58)51-19-5-9-24-59(51)70/h1-41H. The molecule has 2 aliphatic rings. The first-order chi connectivity index (χ1) is 37.1.